The van der Waals surface area contributed by atoms with Gasteiger partial charge in [0, 0.05) is 0 Å². The van der Waals surface area contributed by atoms with E-state index in [1.54, 1.807) is 0 Å². The molecule has 0 heterocycles. The fourth-order valence-corrected chi connectivity index (χ4v) is 0.269. The maximum Gasteiger partial charge on any atom is 0.0622 e. The third kappa shape index (κ3) is 5.50. The number of nitrogens with one attached hydrogen (secondary N) is 1. The maximum absolute atomic E-state index is 5.11. The average Bonchev–Trinajstić information content (AvgIpc) is 1.69. The van der Waals surface area contributed by atoms with Gasteiger partial charge in [-0.3, -0.25) is 0 Å². The lowest BCUT2D eigenvalue weighted by atomic mass is 10.5. The summed E-state index contributed by atoms with van der Waals surface area (Å²) in [5.41, 5.74) is 5.11. The Kier molecular flexibility index (Phi) is 5.11. The van der Waals surface area contributed by atoms with Crippen LogP contribution in [-0.2, 0) is 0 Å². The molecule has 0 amide bonds. The lowest BCUT2D eigenvalue weighted by Crippen LogP contribution is -2.15. The molecule has 0 aliphatic carbocycles. The summed E-state index contributed by atoms with van der Waals surface area (Å²) in [6, 6.07) is 0. The highest BCUT2D eigenvalue weighted by Crippen LogP contribution is 1.72. The Bertz CT molecular complexity index is 50.0. The van der Waals surface area contributed by atoms with E-state index in [1.807, 2.05) is 12.3 Å². The van der Waals surface area contributed by atoms with Crippen LogP contribution in [-0.4, -0.2) is 6.67 Å². The smallest absolute Gasteiger partial charge is 0.0622 e. The van der Waals surface area contributed by atoms with Crippen molar-refractivity contribution in [1.82, 2.24) is 5.32 Å². The van der Waals surface area contributed by atoms with Crippen LogP contribution in [0.1, 0.15) is 13.3 Å². The van der Waals surface area contributed by atoms with Crippen LogP contribution in [0, 0.1) is 0 Å². The van der Waals surface area contributed by atoms with Crippen LogP contribution >= 0.6 is 0 Å². The zero-order valence-electron chi connectivity index (χ0n) is 4.65. The molecule has 0 saturated heterocycles. The molecule has 0 unspecified atom stereocenters. The van der Waals surface area contributed by atoms with Gasteiger partial charge in [0.2, 0.25) is 0 Å². The minimum Gasteiger partial charge on any atom is -0.379 e. The summed E-state index contributed by atoms with van der Waals surface area (Å²) in [5, 5.41) is 2.85. The molecule has 0 rings (SSSR count). The molecule has 0 fully saturated rings. The number of hydrogen-bond acceptors (Lipinski definition) is 2. The normalized spacial score (nSPS) is 10.0. The monoisotopic (exact) mass is 100 g/mol. The standard InChI is InChI=1S/C5H12N2/c1-2-3-4-7-5-6/h3-4,7H,2,5-6H2,1H3/b4-3-. The van der Waals surface area contributed by atoms with Crippen molar-refractivity contribution in [3.63, 3.8) is 0 Å². The van der Waals surface area contributed by atoms with Gasteiger partial charge in [0.05, 0.1) is 6.67 Å². The van der Waals surface area contributed by atoms with Gasteiger partial charge < -0.3 is 11.1 Å². The Morgan fingerprint density at radius 3 is 2.86 bits per heavy atom. The summed E-state index contributed by atoms with van der Waals surface area (Å²) in [4.78, 5) is 0. The second-order valence-electron chi connectivity index (χ2n) is 1.22. The molecular formula is C5H12N2. The Morgan fingerprint density at radius 1 is 1.71 bits per heavy atom. The molecule has 2 heteroatoms. The van der Waals surface area contributed by atoms with Gasteiger partial charge in [-0.1, -0.05) is 13.0 Å². The van der Waals surface area contributed by atoms with Crippen LogP contribution in [0.15, 0.2) is 12.3 Å². The summed E-state index contributed by atoms with van der Waals surface area (Å²) >= 11 is 0. The van der Waals surface area contributed by atoms with Crippen LogP contribution in [0.4, 0.5) is 0 Å². The Hall–Kier alpha value is -0.500. The number of rotatable bonds is 3. The Balaban J connectivity index is 2.78. The molecule has 42 valence electrons. The molecule has 0 saturated carbocycles. The van der Waals surface area contributed by atoms with Gasteiger partial charge in [0.1, 0.15) is 0 Å². The van der Waals surface area contributed by atoms with E-state index in [-0.39, 0.29) is 0 Å². The van der Waals surface area contributed by atoms with Crippen LogP contribution in [0.25, 0.3) is 0 Å². The minimum absolute atomic E-state index is 0.524. The van der Waals surface area contributed by atoms with Gasteiger partial charge in [-0.25, -0.2) is 0 Å². The zero-order valence-corrected chi connectivity index (χ0v) is 4.65. The molecule has 0 aromatic rings. The van der Waals surface area contributed by atoms with Crippen molar-refractivity contribution in [2.45, 2.75) is 13.3 Å². The van der Waals surface area contributed by atoms with E-state index in [4.69, 9.17) is 5.73 Å². The average molecular weight is 100 g/mol. The first-order valence-electron chi connectivity index (χ1n) is 2.50. The molecule has 0 spiro atoms. The van der Waals surface area contributed by atoms with Crippen molar-refractivity contribution in [1.29, 1.82) is 0 Å². The van der Waals surface area contributed by atoms with Gasteiger partial charge in [0.25, 0.3) is 0 Å². The lowest BCUT2D eigenvalue weighted by Gasteiger charge is -1.87. The van der Waals surface area contributed by atoms with Crippen molar-refractivity contribution in [3.8, 4) is 0 Å². The van der Waals surface area contributed by atoms with Crippen LogP contribution in [0.2, 0.25) is 0 Å². The van der Waals surface area contributed by atoms with Crippen LogP contribution < -0.4 is 11.1 Å². The number of hydrogen-bond donors (Lipinski definition) is 2. The van der Waals surface area contributed by atoms with E-state index in [1.165, 1.54) is 0 Å². The zero-order chi connectivity index (χ0) is 5.54. The van der Waals surface area contributed by atoms with E-state index in [0.717, 1.165) is 6.42 Å². The molecule has 7 heavy (non-hydrogen) atoms. The molecule has 3 N–H and O–H groups in total. The molecule has 0 atom stereocenters. The summed E-state index contributed by atoms with van der Waals surface area (Å²) in [5.74, 6) is 0. The van der Waals surface area contributed by atoms with E-state index in [9.17, 15) is 0 Å². The quantitative estimate of drug-likeness (QED) is 0.504. The van der Waals surface area contributed by atoms with Gasteiger partial charge >= 0.3 is 0 Å². The van der Waals surface area contributed by atoms with Crippen molar-refractivity contribution in [3.05, 3.63) is 12.3 Å². The van der Waals surface area contributed by atoms with E-state index >= 15 is 0 Å². The Labute approximate surface area is 44.4 Å². The van der Waals surface area contributed by atoms with E-state index < -0.39 is 0 Å². The number of allylic oxidation sites excluding steroid dienone is 1. The molecule has 0 aliphatic rings. The second kappa shape index (κ2) is 5.50. The van der Waals surface area contributed by atoms with Gasteiger partial charge in [-0.05, 0) is 12.6 Å². The largest absolute Gasteiger partial charge is 0.379 e. The van der Waals surface area contributed by atoms with Crippen molar-refractivity contribution < 1.29 is 0 Å². The summed E-state index contributed by atoms with van der Waals surface area (Å²) < 4.78 is 0. The predicted molar refractivity (Wildman–Crippen MR) is 31.6 cm³/mol. The van der Waals surface area contributed by atoms with Gasteiger partial charge in [-0.15, -0.1) is 0 Å². The molecule has 0 aromatic heterocycles. The lowest BCUT2D eigenvalue weighted by molar-refractivity contribution is 0.878. The fraction of sp³-hybridized carbons (Fsp3) is 0.600. The third-order valence-electron chi connectivity index (χ3n) is 0.589. The predicted octanol–water partition coefficient (Wildman–Crippen LogP) is 0.416. The molecule has 0 bridgehead atoms. The highest BCUT2D eigenvalue weighted by Gasteiger charge is 1.62. The first-order valence-corrected chi connectivity index (χ1v) is 2.50. The summed E-state index contributed by atoms with van der Waals surface area (Å²) in [6.07, 6.45) is 4.94. The molecule has 0 aliphatic heterocycles. The van der Waals surface area contributed by atoms with E-state index in [2.05, 4.69) is 12.2 Å². The maximum atomic E-state index is 5.11. The topological polar surface area (TPSA) is 38.0 Å². The minimum atomic E-state index is 0.524. The SMILES string of the molecule is CC/C=C\NCN. The van der Waals surface area contributed by atoms with Crippen molar-refractivity contribution >= 4 is 0 Å². The fourth-order valence-electron chi connectivity index (χ4n) is 0.269. The highest BCUT2D eigenvalue weighted by atomic mass is 14.9. The third-order valence-corrected chi connectivity index (χ3v) is 0.589. The first kappa shape index (κ1) is 6.50. The number of nitrogens with two attached hydrogens (primary N) is 1. The second-order valence-corrected chi connectivity index (χ2v) is 1.22. The van der Waals surface area contributed by atoms with Crippen molar-refractivity contribution in [2.75, 3.05) is 6.67 Å². The summed E-state index contributed by atoms with van der Waals surface area (Å²) in [6.45, 7) is 2.60. The molecule has 2 nitrogen and oxygen atoms in total. The van der Waals surface area contributed by atoms with Crippen LogP contribution in [0.5, 0.6) is 0 Å². The highest BCUT2D eigenvalue weighted by molar-refractivity contribution is 4.76. The summed E-state index contributed by atoms with van der Waals surface area (Å²) in [7, 11) is 0. The van der Waals surface area contributed by atoms with Gasteiger partial charge in [-0.2, -0.15) is 0 Å². The van der Waals surface area contributed by atoms with E-state index in [0.29, 0.717) is 6.67 Å². The Morgan fingerprint density at radius 2 is 2.43 bits per heavy atom. The van der Waals surface area contributed by atoms with Crippen LogP contribution in [0.3, 0.4) is 0 Å². The molecule has 0 aromatic carbocycles. The first-order chi connectivity index (χ1) is 3.41. The molecule has 0 radical (unpaired) electrons. The van der Waals surface area contributed by atoms with Crippen molar-refractivity contribution in [2.24, 2.45) is 5.73 Å². The van der Waals surface area contributed by atoms with Gasteiger partial charge in [0.15, 0.2) is 0 Å². The molecular weight excluding hydrogens is 88.1 g/mol.